The molecule has 2 rings (SSSR count). The maximum atomic E-state index is 12.1. The number of hydrogen-bond acceptors (Lipinski definition) is 4. The van der Waals surface area contributed by atoms with Gasteiger partial charge in [-0.1, -0.05) is 34.1 Å². The third-order valence-corrected chi connectivity index (χ3v) is 5.75. The molecule has 0 aromatic heterocycles. The first-order chi connectivity index (χ1) is 9.58. The van der Waals surface area contributed by atoms with Crippen molar-refractivity contribution >= 4 is 57.3 Å². The number of ketones is 1. The number of thioether (sulfide) groups is 2. The lowest BCUT2D eigenvalue weighted by Crippen LogP contribution is -2.11. The van der Waals surface area contributed by atoms with Gasteiger partial charge >= 0.3 is 5.97 Å². The maximum Gasteiger partial charge on any atom is 0.341 e. The van der Waals surface area contributed by atoms with Gasteiger partial charge in [0.2, 0.25) is 0 Å². The summed E-state index contributed by atoms with van der Waals surface area (Å²) < 4.78 is 1.57. The number of allylic oxidation sites excluding steroid dienone is 1. The van der Waals surface area contributed by atoms with Gasteiger partial charge in [0.1, 0.15) is 5.57 Å². The molecular formula is C14H11BrO3S2. The maximum absolute atomic E-state index is 12.1. The fourth-order valence-corrected chi connectivity index (χ4v) is 4.38. The molecule has 1 aliphatic heterocycles. The first-order valence-corrected chi connectivity index (χ1v) is 8.55. The highest BCUT2D eigenvalue weighted by molar-refractivity contribution is 9.10. The topological polar surface area (TPSA) is 54.4 Å². The number of carbonyl (C=O) groups is 2. The van der Waals surface area contributed by atoms with Crippen molar-refractivity contribution in [2.45, 2.75) is 0 Å². The third-order valence-electron chi connectivity index (χ3n) is 2.51. The van der Waals surface area contributed by atoms with E-state index in [0.717, 1.165) is 21.5 Å². The molecule has 3 nitrogen and oxygen atoms in total. The SMILES string of the molecule is O=C(O)C(C(=O)/C=C/c1ccc(Br)cc1)=C1SCCS1. The predicted octanol–water partition coefficient (Wildman–Crippen LogP) is 3.81. The highest BCUT2D eigenvalue weighted by Gasteiger charge is 2.24. The van der Waals surface area contributed by atoms with Gasteiger partial charge in [0.15, 0.2) is 5.78 Å². The molecule has 0 aliphatic carbocycles. The van der Waals surface area contributed by atoms with E-state index in [0.29, 0.717) is 4.24 Å². The lowest BCUT2D eigenvalue weighted by Gasteiger charge is -2.01. The zero-order valence-corrected chi connectivity index (χ0v) is 13.6. The molecule has 0 atom stereocenters. The monoisotopic (exact) mass is 370 g/mol. The molecule has 0 amide bonds. The van der Waals surface area contributed by atoms with E-state index in [4.69, 9.17) is 0 Å². The molecule has 1 heterocycles. The fraction of sp³-hybridized carbons (Fsp3) is 0.143. The summed E-state index contributed by atoms with van der Waals surface area (Å²) in [6, 6.07) is 7.42. The number of aliphatic carboxylic acids is 1. The van der Waals surface area contributed by atoms with Crippen molar-refractivity contribution in [2.24, 2.45) is 0 Å². The number of carbonyl (C=O) groups excluding carboxylic acids is 1. The first kappa shape index (κ1) is 15.4. The van der Waals surface area contributed by atoms with Gasteiger partial charge < -0.3 is 5.11 Å². The van der Waals surface area contributed by atoms with Crippen molar-refractivity contribution in [3.63, 3.8) is 0 Å². The molecule has 20 heavy (non-hydrogen) atoms. The van der Waals surface area contributed by atoms with Crippen LogP contribution < -0.4 is 0 Å². The molecule has 6 heteroatoms. The smallest absolute Gasteiger partial charge is 0.341 e. The Labute approximate surface area is 133 Å². The lowest BCUT2D eigenvalue weighted by molar-refractivity contribution is -0.134. The van der Waals surface area contributed by atoms with E-state index in [1.165, 1.54) is 29.6 Å². The van der Waals surface area contributed by atoms with E-state index < -0.39 is 11.8 Å². The predicted molar refractivity (Wildman–Crippen MR) is 87.8 cm³/mol. The highest BCUT2D eigenvalue weighted by Crippen LogP contribution is 2.39. The average Bonchev–Trinajstić information content (AvgIpc) is 2.91. The molecule has 1 aromatic carbocycles. The fourth-order valence-electron chi connectivity index (χ4n) is 1.58. The van der Waals surface area contributed by atoms with Crippen molar-refractivity contribution in [3.05, 3.63) is 50.2 Å². The minimum absolute atomic E-state index is 0.120. The Morgan fingerprint density at radius 1 is 1.15 bits per heavy atom. The van der Waals surface area contributed by atoms with Gasteiger partial charge in [-0.25, -0.2) is 4.79 Å². The normalized spacial score (nSPS) is 14.8. The van der Waals surface area contributed by atoms with Crippen LogP contribution in [0.3, 0.4) is 0 Å². The number of carboxylic acid groups (broad SMARTS) is 1. The van der Waals surface area contributed by atoms with Crippen LogP contribution in [0.25, 0.3) is 6.08 Å². The Morgan fingerprint density at radius 2 is 1.75 bits per heavy atom. The van der Waals surface area contributed by atoms with E-state index in [1.807, 2.05) is 24.3 Å². The molecule has 0 bridgehead atoms. The van der Waals surface area contributed by atoms with Gasteiger partial charge in [0, 0.05) is 16.0 Å². The van der Waals surface area contributed by atoms with E-state index >= 15 is 0 Å². The van der Waals surface area contributed by atoms with Crippen molar-refractivity contribution < 1.29 is 14.7 Å². The summed E-state index contributed by atoms with van der Waals surface area (Å²) >= 11 is 6.19. The van der Waals surface area contributed by atoms with Crippen LogP contribution in [0, 0.1) is 0 Å². The molecule has 1 fully saturated rings. The Bertz CT molecular complexity index is 583. The molecule has 1 saturated heterocycles. The van der Waals surface area contributed by atoms with Gasteiger partial charge in [-0.2, -0.15) is 0 Å². The largest absolute Gasteiger partial charge is 0.477 e. The van der Waals surface area contributed by atoms with Gasteiger partial charge in [-0.05, 0) is 23.8 Å². The van der Waals surface area contributed by atoms with Crippen LogP contribution in [0.4, 0.5) is 0 Å². The number of halogens is 1. The molecule has 104 valence electrons. The Morgan fingerprint density at radius 3 is 2.30 bits per heavy atom. The lowest BCUT2D eigenvalue weighted by atomic mass is 10.1. The van der Waals surface area contributed by atoms with Gasteiger partial charge in [0.25, 0.3) is 0 Å². The van der Waals surface area contributed by atoms with Crippen LogP contribution in [-0.2, 0) is 9.59 Å². The van der Waals surface area contributed by atoms with Crippen LogP contribution >= 0.6 is 39.5 Å². The summed E-state index contributed by atoms with van der Waals surface area (Å²) in [6.07, 6.45) is 2.95. The summed E-state index contributed by atoms with van der Waals surface area (Å²) in [5.41, 5.74) is 0.730. The van der Waals surface area contributed by atoms with E-state index in [1.54, 1.807) is 6.08 Å². The number of rotatable bonds is 4. The Hall–Kier alpha value is -0.980. The average molecular weight is 371 g/mol. The summed E-state index contributed by atoms with van der Waals surface area (Å²) in [7, 11) is 0. The summed E-state index contributed by atoms with van der Waals surface area (Å²) in [5.74, 6) is 0.0747. The van der Waals surface area contributed by atoms with Crippen molar-refractivity contribution in [1.29, 1.82) is 0 Å². The number of hydrogen-bond donors (Lipinski definition) is 1. The highest BCUT2D eigenvalue weighted by atomic mass is 79.9. The minimum Gasteiger partial charge on any atom is -0.477 e. The molecule has 1 aliphatic rings. The van der Waals surface area contributed by atoms with Crippen LogP contribution in [-0.4, -0.2) is 28.4 Å². The number of benzene rings is 1. The zero-order chi connectivity index (χ0) is 14.5. The second-order valence-corrected chi connectivity index (χ2v) is 7.30. The van der Waals surface area contributed by atoms with Gasteiger partial charge in [0.05, 0.1) is 4.24 Å². The molecule has 0 saturated carbocycles. The quantitative estimate of drug-likeness (QED) is 0.496. The molecule has 0 unspecified atom stereocenters. The van der Waals surface area contributed by atoms with Crippen LogP contribution in [0.2, 0.25) is 0 Å². The third kappa shape index (κ3) is 4.01. The van der Waals surface area contributed by atoms with Crippen LogP contribution in [0.1, 0.15) is 5.56 Å². The Balaban J connectivity index is 2.19. The van der Waals surface area contributed by atoms with Gasteiger partial charge in [-0.15, -0.1) is 23.5 Å². The van der Waals surface area contributed by atoms with Gasteiger partial charge in [-0.3, -0.25) is 4.79 Å². The number of carboxylic acids is 1. The molecule has 0 radical (unpaired) electrons. The van der Waals surface area contributed by atoms with Crippen molar-refractivity contribution in [2.75, 3.05) is 11.5 Å². The van der Waals surface area contributed by atoms with Crippen molar-refractivity contribution in [1.82, 2.24) is 0 Å². The molecule has 1 aromatic rings. The molecule has 1 N–H and O–H groups in total. The Kier molecular flexibility index (Phi) is 5.51. The second kappa shape index (κ2) is 7.15. The zero-order valence-electron chi connectivity index (χ0n) is 10.3. The van der Waals surface area contributed by atoms with E-state index in [2.05, 4.69) is 15.9 Å². The summed E-state index contributed by atoms with van der Waals surface area (Å²) in [4.78, 5) is 23.3. The summed E-state index contributed by atoms with van der Waals surface area (Å²) in [5, 5.41) is 9.19. The second-order valence-electron chi connectivity index (χ2n) is 3.91. The first-order valence-electron chi connectivity index (χ1n) is 5.79. The molecule has 0 spiro atoms. The van der Waals surface area contributed by atoms with Crippen LogP contribution in [0.5, 0.6) is 0 Å². The van der Waals surface area contributed by atoms with Crippen molar-refractivity contribution in [3.8, 4) is 0 Å². The van der Waals surface area contributed by atoms with E-state index in [9.17, 15) is 14.7 Å². The van der Waals surface area contributed by atoms with E-state index in [-0.39, 0.29) is 5.57 Å². The minimum atomic E-state index is -1.16. The molecular weight excluding hydrogens is 360 g/mol. The summed E-state index contributed by atoms with van der Waals surface area (Å²) in [6.45, 7) is 0. The standard InChI is InChI=1S/C14H11BrO3S2/c15-10-4-1-9(2-5-10)3-6-11(16)12(13(17)18)14-19-7-8-20-14/h1-6H,7-8H2,(H,17,18)/b6-3+. The van der Waals surface area contributed by atoms with Crippen LogP contribution in [0.15, 0.2) is 44.6 Å².